The second kappa shape index (κ2) is 10.7. The Kier molecular flexibility index (Phi) is 8.64. The van der Waals surface area contributed by atoms with E-state index in [0.29, 0.717) is 6.61 Å². The Morgan fingerprint density at radius 1 is 0.964 bits per heavy atom. The third kappa shape index (κ3) is 5.42. The minimum atomic E-state index is -2.54. The molecule has 0 fully saturated rings. The molecule has 0 aromatic heterocycles. The van der Waals surface area contributed by atoms with Crippen molar-refractivity contribution in [1.29, 1.82) is 0 Å². The zero-order valence-electron chi connectivity index (χ0n) is 17.7. The van der Waals surface area contributed by atoms with Gasteiger partial charge < -0.3 is 13.9 Å². The molecule has 0 aliphatic rings. The van der Waals surface area contributed by atoms with Crippen LogP contribution < -0.4 is 10.4 Å². The minimum Gasteiger partial charge on any atom is -0.405 e. The monoisotopic (exact) mass is 398 g/mol. The van der Waals surface area contributed by atoms with Gasteiger partial charge in [0.1, 0.15) is 6.79 Å². The van der Waals surface area contributed by atoms with Gasteiger partial charge in [-0.15, -0.1) is 6.58 Å². The van der Waals surface area contributed by atoms with Crippen LogP contribution in [-0.2, 0) is 13.9 Å². The summed E-state index contributed by atoms with van der Waals surface area (Å²) in [6.07, 6.45) is 3.65. The number of benzene rings is 2. The number of hydrogen-bond donors (Lipinski definition) is 0. The molecule has 1 atom stereocenters. The molecule has 3 nitrogen and oxygen atoms in total. The fourth-order valence-electron chi connectivity index (χ4n) is 3.66. The van der Waals surface area contributed by atoms with Crippen molar-refractivity contribution < 1.29 is 13.9 Å². The van der Waals surface area contributed by atoms with Crippen LogP contribution in [0.3, 0.4) is 0 Å². The van der Waals surface area contributed by atoms with E-state index in [0.717, 1.165) is 12.8 Å². The van der Waals surface area contributed by atoms with Gasteiger partial charge >= 0.3 is 0 Å². The van der Waals surface area contributed by atoms with E-state index < -0.39 is 8.32 Å². The maximum Gasteiger partial charge on any atom is 0.261 e. The second-order valence-electron chi connectivity index (χ2n) is 8.04. The Labute approximate surface area is 171 Å². The smallest absolute Gasteiger partial charge is 0.261 e. The first-order valence-electron chi connectivity index (χ1n) is 9.92. The quantitative estimate of drug-likeness (QED) is 0.316. The SMILES string of the molecule is C=CCC[C@@H](CO[Si](c1ccccc1)(c1ccccc1)C(C)(C)C)OCOC. The number of hydrogen-bond acceptors (Lipinski definition) is 3. The molecule has 0 unspecified atom stereocenters. The Morgan fingerprint density at radius 3 is 1.93 bits per heavy atom. The Morgan fingerprint density at radius 2 is 1.50 bits per heavy atom. The summed E-state index contributed by atoms with van der Waals surface area (Å²) in [5.41, 5.74) is 0. The summed E-state index contributed by atoms with van der Waals surface area (Å²) < 4.78 is 18.0. The molecule has 0 radical (unpaired) electrons. The summed E-state index contributed by atoms with van der Waals surface area (Å²) in [6, 6.07) is 21.4. The first-order valence-corrected chi connectivity index (χ1v) is 11.8. The highest BCUT2D eigenvalue weighted by Crippen LogP contribution is 2.37. The number of allylic oxidation sites excluding steroid dienone is 1. The second-order valence-corrected chi connectivity index (χ2v) is 12.3. The topological polar surface area (TPSA) is 27.7 Å². The van der Waals surface area contributed by atoms with Crippen LogP contribution in [0.4, 0.5) is 0 Å². The first kappa shape index (κ1) is 22.6. The summed E-state index contributed by atoms with van der Waals surface area (Å²) >= 11 is 0. The van der Waals surface area contributed by atoms with Gasteiger partial charge in [0.05, 0.1) is 12.7 Å². The van der Waals surface area contributed by atoms with Crippen LogP contribution in [0.2, 0.25) is 5.04 Å². The van der Waals surface area contributed by atoms with Crippen LogP contribution >= 0.6 is 0 Å². The van der Waals surface area contributed by atoms with Gasteiger partial charge in [0.15, 0.2) is 0 Å². The lowest BCUT2D eigenvalue weighted by atomic mass is 10.2. The lowest BCUT2D eigenvalue weighted by molar-refractivity contribution is -0.0867. The first-order chi connectivity index (χ1) is 13.5. The zero-order valence-corrected chi connectivity index (χ0v) is 18.7. The molecule has 0 saturated heterocycles. The van der Waals surface area contributed by atoms with Gasteiger partial charge in [0.25, 0.3) is 8.32 Å². The normalized spacial score (nSPS) is 13.3. The van der Waals surface area contributed by atoms with E-state index >= 15 is 0 Å². The van der Waals surface area contributed by atoms with Crippen LogP contribution in [0.25, 0.3) is 0 Å². The summed E-state index contributed by atoms with van der Waals surface area (Å²) in [7, 11) is -0.891. The summed E-state index contributed by atoms with van der Waals surface area (Å²) in [6.45, 7) is 11.5. The molecule has 0 bridgehead atoms. The summed E-state index contributed by atoms with van der Waals surface area (Å²) in [4.78, 5) is 0. The zero-order chi connectivity index (χ0) is 20.5. The van der Waals surface area contributed by atoms with Crippen LogP contribution in [0.1, 0.15) is 33.6 Å². The molecular weight excluding hydrogens is 364 g/mol. The average molecular weight is 399 g/mol. The number of methoxy groups -OCH3 is 1. The number of ether oxygens (including phenoxy) is 2. The van der Waals surface area contributed by atoms with Gasteiger partial charge in [-0.2, -0.15) is 0 Å². The van der Waals surface area contributed by atoms with E-state index in [9.17, 15) is 0 Å². The van der Waals surface area contributed by atoms with Crippen molar-refractivity contribution in [2.45, 2.75) is 44.8 Å². The van der Waals surface area contributed by atoms with E-state index in [1.165, 1.54) is 10.4 Å². The Bertz CT molecular complexity index is 655. The fraction of sp³-hybridized carbons (Fsp3) is 0.417. The van der Waals surface area contributed by atoms with Crippen LogP contribution in [-0.4, -0.2) is 34.9 Å². The van der Waals surface area contributed by atoms with Crippen molar-refractivity contribution in [3.63, 3.8) is 0 Å². The Balaban J connectivity index is 2.44. The molecule has 4 heteroatoms. The fourth-order valence-corrected chi connectivity index (χ4v) is 8.25. The van der Waals surface area contributed by atoms with Crippen LogP contribution in [0.15, 0.2) is 73.3 Å². The van der Waals surface area contributed by atoms with Crippen molar-refractivity contribution in [1.82, 2.24) is 0 Å². The molecule has 2 rings (SSSR count). The molecule has 0 spiro atoms. The van der Waals surface area contributed by atoms with E-state index in [2.05, 4.69) is 88.0 Å². The molecule has 0 saturated carbocycles. The molecule has 28 heavy (non-hydrogen) atoms. The van der Waals surface area contributed by atoms with Crippen molar-refractivity contribution in [3.05, 3.63) is 73.3 Å². The molecule has 2 aromatic rings. The third-order valence-corrected chi connectivity index (χ3v) is 10.0. The maximum absolute atomic E-state index is 6.95. The standard InChI is InChI=1S/C24H34O3Si/c1-6-7-14-21(26-20-25-5)19-27-28(24(2,3)4,22-15-10-8-11-16-22)23-17-12-9-13-18-23/h6,8-13,15-18,21H,1,7,14,19-20H2,2-5H3/t21-/m0/s1. The van der Waals surface area contributed by atoms with Crippen molar-refractivity contribution in [2.75, 3.05) is 20.5 Å². The van der Waals surface area contributed by atoms with Gasteiger partial charge in [0, 0.05) is 7.11 Å². The molecular formula is C24H34O3Si. The van der Waals surface area contributed by atoms with Crippen molar-refractivity contribution in [3.8, 4) is 0 Å². The van der Waals surface area contributed by atoms with E-state index in [-0.39, 0.29) is 17.9 Å². The highest BCUT2D eigenvalue weighted by molar-refractivity contribution is 6.99. The van der Waals surface area contributed by atoms with Gasteiger partial charge in [-0.25, -0.2) is 0 Å². The highest BCUT2D eigenvalue weighted by Gasteiger charge is 2.50. The van der Waals surface area contributed by atoms with Gasteiger partial charge in [-0.1, -0.05) is 87.5 Å². The average Bonchev–Trinajstić information content (AvgIpc) is 2.70. The molecule has 152 valence electrons. The van der Waals surface area contributed by atoms with Crippen molar-refractivity contribution in [2.24, 2.45) is 0 Å². The highest BCUT2D eigenvalue weighted by atomic mass is 28.4. The third-order valence-electron chi connectivity index (χ3n) is 5.02. The van der Waals surface area contributed by atoms with Gasteiger partial charge in [0.2, 0.25) is 0 Å². The minimum absolute atomic E-state index is 0.0281. The molecule has 0 aliphatic heterocycles. The van der Waals surface area contributed by atoms with Gasteiger partial charge in [-0.05, 0) is 28.3 Å². The van der Waals surface area contributed by atoms with Crippen LogP contribution in [0, 0.1) is 0 Å². The van der Waals surface area contributed by atoms with Gasteiger partial charge in [-0.3, -0.25) is 0 Å². The van der Waals surface area contributed by atoms with E-state index in [4.69, 9.17) is 13.9 Å². The van der Waals surface area contributed by atoms with E-state index in [1.54, 1.807) is 7.11 Å². The molecule has 2 aromatic carbocycles. The molecule has 0 heterocycles. The van der Waals surface area contributed by atoms with Crippen LogP contribution in [0.5, 0.6) is 0 Å². The number of rotatable bonds is 11. The van der Waals surface area contributed by atoms with Crippen molar-refractivity contribution >= 4 is 18.7 Å². The lowest BCUT2D eigenvalue weighted by Crippen LogP contribution is -2.67. The lowest BCUT2D eigenvalue weighted by Gasteiger charge is -2.43. The molecule has 0 aliphatic carbocycles. The predicted molar refractivity (Wildman–Crippen MR) is 120 cm³/mol. The summed E-state index contributed by atoms with van der Waals surface area (Å²) in [5, 5.41) is 2.52. The summed E-state index contributed by atoms with van der Waals surface area (Å²) in [5.74, 6) is 0. The molecule has 0 amide bonds. The Hall–Kier alpha value is -1.72. The maximum atomic E-state index is 6.95. The predicted octanol–water partition coefficient (Wildman–Crippen LogP) is 4.52. The van der Waals surface area contributed by atoms with E-state index in [1.807, 2.05) is 6.08 Å². The largest absolute Gasteiger partial charge is 0.405 e. The molecule has 0 N–H and O–H groups in total.